The number of piperazine rings is 1. The van der Waals surface area contributed by atoms with Gasteiger partial charge in [-0.1, -0.05) is 32.6 Å². The van der Waals surface area contributed by atoms with Crippen LogP contribution in [0.2, 0.25) is 0 Å². The van der Waals surface area contributed by atoms with E-state index in [1.165, 1.54) is 0 Å². The minimum atomic E-state index is -0.852. The van der Waals surface area contributed by atoms with Gasteiger partial charge in [0.1, 0.15) is 17.3 Å². The van der Waals surface area contributed by atoms with Gasteiger partial charge < -0.3 is 30.3 Å². The Morgan fingerprint density at radius 1 is 1.02 bits per heavy atom. The lowest BCUT2D eigenvalue weighted by atomic mass is 9.77. The van der Waals surface area contributed by atoms with Crippen LogP contribution < -0.4 is 15.4 Å². The summed E-state index contributed by atoms with van der Waals surface area (Å²) in [6.45, 7) is 5.79. The van der Waals surface area contributed by atoms with Crippen LogP contribution in [0.3, 0.4) is 0 Å². The number of likely N-dealkylation sites (tertiary alicyclic amines) is 1. The molecule has 1 aromatic rings. The van der Waals surface area contributed by atoms with Crippen molar-refractivity contribution in [2.45, 2.75) is 101 Å². The quantitative estimate of drug-likeness (QED) is 0.341. The molecule has 1 aromatic carbocycles. The fourth-order valence-electron chi connectivity index (χ4n) is 6.57. The molecule has 1 atom stereocenters. The minimum Gasteiger partial charge on any atom is -0.494 e. The number of piperidine rings is 1. The average Bonchev–Trinajstić information content (AvgIpc) is 2.97. The first kappa shape index (κ1) is 30.3. The molecule has 3 N–H and O–H groups in total. The van der Waals surface area contributed by atoms with Gasteiger partial charge in [0, 0.05) is 38.7 Å². The molecule has 4 rings (SSSR count). The number of benzene rings is 1. The second-order valence-electron chi connectivity index (χ2n) is 11.9. The van der Waals surface area contributed by atoms with Gasteiger partial charge in [-0.15, -0.1) is 0 Å². The van der Waals surface area contributed by atoms with Gasteiger partial charge in [-0.2, -0.15) is 0 Å². The van der Waals surface area contributed by atoms with E-state index in [0.29, 0.717) is 50.8 Å². The molecule has 1 aliphatic carbocycles. The number of unbranched alkanes of at least 4 members (excludes halogenated alkanes) is 2. The van der Waals surface area contributed by atoms with Crippen LogP contribution in [0.25, 0.3) is 0 Å². The lowest BCUT2D eigenvalue weighted by Crippen LogP contribution is -2.73. The van der Waals surface area contributed by atoms with Gasteiger partial charge in [0.05, 0.1) is 12.2 Å². The molecule has 2 heterocycles. The highest BCUT2D eigenvalue weighted by molar-refractivity contribution is 6.00. The average molecular weight is 557 g/mol. The van der Waals surface area contributed by atoms with E-state index in [1.807, 2.05) is 17.0 Å². The van der Waals surface area contributed by atoms with Crippen LogP contribution >= 0.6 is 0 Å². The summed E-state index contributed by atoms with van der Waals surface area (Å²) in [4.78, 5) is 43.3. The molecule has 3 amide bonds. The molecule has 1 spiro atoms. The third-order valence-corrected chi connectivity index (χ3v) is 9.08. The summed E-state index contributed by atoms with van der Waals surface area (Å²) in [5, 5.41) is 16.8. The minimum absolute atomic E-state index is 0.0130. The highest BCUT2D eigenvalue weighted by Crippen LogP contribution is 2.37. The number of nitrogens with one attached hydrogen (secondary N) is 2. The molecule has 0 aromatic heterocycles. The Labute approximate surface area is 239 Å². The Morgan fingerprint density at radius 2 is 1.73 bits per heavy atom. The summed E-state index contributed by atoms with van der Waals surface area (Å²) >= 11 is 0. The van der Waals surface area contributed by atoms with E-state index in [-0.39, 0.29) is 17.7 Å². The fourth-order valence-corrected chi connectivity index (χ4v) is 6.57. The van der Waals surface area contributed by atoms with Crippen LogP contribution in [0.1, 0.15) is 94.3 Å². The van der Waals surface area contributed by atoms with E-state index in [0.717, 1.165) is 70.3 Å². The van der Waals surface area contributed by atoms with Crippen molar-refractivity contribution in [3.05, 3.63) is 29.8 Å². The maximum Gasteiger partial charge on any atom is 0.251 e. The number of rotatable bonds is 12. The summed E-state index contributed by atoms with van der Waals surface area (Å²) in [5.41, 5.74) is -1.02. The first-order chi connectivity index (χ1) is 19.3. The summed E-state index contributed by atoms with van der Waals surface area (Å²) in [5.74, 6) is 0.585. The SMILES string of the molecule is CCCCN1C(=O)[C@@H](CC2(O)CCCCC2)NC(=O)C12CCN(CCCCOc1ccc(C(=O)NC)cc1)CC2. The van der Waals surface area contributed by atoms with E-state index in [4.69, 9.17) is 4.74 Å². The topological polar surface area (TPSA) is 111 Å². The van der Waals surface area contributed by atoms with Gasteiger partial charge in [0.2, 0.25) is 11.8 Å². The van der Waals surface area contributed by atoms with Crippen LogP contribution in [0.5, 0.6) is 5.75 Å². The number of aliphatic hydroxyl groups is 1. The first-order valence-corrected chi connectivity index (χ1v) is 15.3. The number of carbonyl (C=O) groups excluding carboxylic acids is 3. The number of hydrogen-bond donors (Lipinski definition) is 3. The molecule has 9 nitrogen and oxygen atoms in total. The van der Waals surface area contributed by atoms with Gasteiger partial charge >= 0.3 is 0 Å². The molecule has 9 heteroatoms. The standard InChI is InChI=1S/C31H48N4O5/c1-3-4-19-35-28(37)26(23-30(39)14-6-5-7-15-30)33-29(38)31(35)16-20-34(21-17-31)18-8-9-22-40-25-12-10-24(11-13-25)27(36)32-2/h10-13,26,39H,3-9,14-23H2,1-2H3,(H,32,36)(H,33,38)/t26-/m1/s1. The zero-order chi connectivity index (χ0) is 28.6. The Bertz CT molecular complexity index is 999. The number of ether oxygens (including phenoxy) is 1. The second-order valence-corrected chi connectivity index (χ2v) is 11.9. The van der Waals surface area contributed by atoms with Crippen molar-refractivity contribution in [2.24, 2.45) is 0 Å². The summed E-state index contributed by atoms with van der Waals surface area (Å²) < 4.78 is 5.84. The number of carbonyl (C=O) groups is 3. The Morgan fingerprint density at radius 3 is 2.38 bits per heavy atom. The Hall–Kier alpha value is -2.65. The van der Waals surface area contributed by atoms with Crippen molar-refractivity contribution >= 4 is 17.7 Å². The smallest absolute Gasteiger partial charge is 0.251 e. The number of hydrogen-bond acceptors (Lipinski definition) is 6. The van der Waals surface area contributed by atoms with Crippen LogP contribution in [-0.2, 0) is 9.59 Å². The maximum atomic E-state index is 13.7. The molecular formula is C31H48N4O5. The van der Waals surface area contributed by atoms with Gasteiger partial charge in [0.25, 0.3) is 5.91 Å². The highest BCUT2D eigenvalue weighted by Gasteiger charge is 2.54. The summed E-state index contributed by atoms with van der Waals surface area (Å²) in [6.07, 6.45) is 9.80. The molecule has 0 bridgehead atoms. The molecule has 0 radical (unpaired) electrons. The van der Waals surface area contributed by atoms with E-state index in [2.05, 4.69) is 22.5 Å². The molecule has 3 aliphatic rings. The van der Waals surface area contributed by atoms with Crippen LogP contribution in [0.15, 0.2) is 24.3 Å². The van der Waals surface area contributed by atoms with E-state index in [1.54, 1.807) is 19.2 Å². The van der Waals surface area contributed by atoms with Gasteiger partial charge in [-0.05, 0) is 75.8 Å². The van der Waals surface area contributed by atoms with Crippen molar-refractivity contribution in [1.29, 1.82) is 0 Å². The van der Waals surface area contributed by atoms with Gasteiger partial charge in [0.15, 0.2) is 0 Å². The molecule has 0 unspecified atom stereocenters. The van der Waals surface area contributed by atoms with Crippen molar-refractivity contribution in [1.82, 2.24) is 20.4 Å². The monoisotopic (exact) mass is 556 g/mol. The zero-order valence-corrected chi connectivity index (χ0v) is 24.4. The summed E-state index contributed by atoms with van der Waals surface area (Å²) in [6, 6.07) is 6.52. The predicted octanol–water partition coefficient (Wildman–Crippen LogP) is 3.25. The third-order valence-electron chi connectivity index (χ3n) is 9.08. The second kappa shape index (κ2) is 13.8. The molecule has 3 fully saturated rings. The third kappa shape index (κ3) is 7.16. The number of amides is 3. The van der Waals surface area contributed by atoms with Gasteiger partial charge in [-0.25, -0.2) is 0 Å². The molecule has 2 saturated heterocycles. The Kier molecular flexibility index (Phi) is 10.5. The molecular weight excluding hydrogens is 508 g/mol. The van der Waals surface area contributed by atoms with E-state index >= 15 is 0 Å². The van der Waals surface area contributed by atoms with Crippen LogP contribution in [-0.4, -0.2) is 89.6 Å². The molecule has 40 heavy (non-hydrogen) atoms. The number of nitrogens with zero attached hydrogens (tertiary/aromatic N) is 2. The molecule has 222 valence electrons. The van der Waals surface area contributed by atoms with Crippen LogP contribution in [0.4, 0.5) is 0 Å². The van der Waals surface area contributed by atoms with E-state index < -0.39 is 17.2 Å². The van der Waals surface area contributed by atoms with Crippen LogP contribution in [0, 0.1) is 0 Å². The lowest BCUT2D eigenvalue weighted by Gasteiger charge is -2.52. The van der Waals surface area contributed by atoms with Gasteiger partial charge in [-0.3, -0.25) is 14.4 Å². The van der Waals surface area contributed by atoms with Crippen molar-refractivity contribution < 1.29 is 24.2 Å². The normalized spacial score (nSPS) is 22.7. The van der Waals surface area contributed by atoms with Crippen molar-refractivity contribution in [3.8, 4) is 5.75 Å². The lowest BCUT2D eigenvalue weighted by molar-refractivity contribution is -0.163. The highest BCUT2D eigenvalue weighted by atomic mass is 16.5. The maximum absolute atomic E-state index is 13.7. The fraction of sp³-hybridized carbons (Fsp3) is 0.710. The largest absolute Gasteiger partial charge is 0.494 e. The summed E-state index contributed by atoms with van der Waals surface area (Å²) in [7, 11) is 1.61. The first-order valence-electron chi connectivity index (χ1n) is 15.3. The Balaban J connectivity index is 1.26. The molecule has 2 aliphatic heterocycles. The zero-order valence-electron chi connectivity index (χ0n) is 24.4. The molecule has 1 saturated carbocycles. The predicted molar refractivity (Wildman–Crippen MR) is 154 cm³/mol. The van der Waals surface area contributed by atoms with Crippen molar-refractivity contribution in [2.75, 3.05) is 39.8 Å². The van der Waals surface area contributed by atoms with E-state index in [9.17, 15) is 19.5 Å². The van der Waals surface area contributed by atoms with Crippen molar-refractivity contribution in [3.63, 3.8) is 0 Å².